The van der Waals surface area contributed by atoms with Gasteiger partial charge in [-0.1, -0.05) is 12.5 Å². The lowest BCUT2D eigenvalue weighted by atomic mass is 10.1. The molecule has 0 radical (unpaired) electrons. The number of rotatable bonds is 2. The van der Waals surface area contributed by atoms with Crippen LogP contribution in [0.25, 0.3) is 10.9 Å². The Balaban J connectivity index is 2.09. The molecule has 106 valence electrons. The lowest BCUT2D eigenvalue weighted by Gasteiger charge is -2.18. The number of benzene rings is 1. The molecule has 0 amide bonds. The second kappa shape index (κ2) is 5.63. The van der Waals surface area contributed by atoms with E-state index < -0.39 is 0 Å². The van der Waals surface area contributed by atoms with Gasteiger partial charge < -0.3 is 10.1 Å². The number of nitrogens with one attached hydrogen (secondary N) is 1. The SMILES string of the molecule is COc1cccc2c(=O)n(C3CCCCNC3)cnc12. The molecule has 20 heavy (non-hydrogen) atoms. The number of aromatic nitrogens is 2. The van der Waals surface area contributed by atoms with Gasteiger partial charge in [0, 0.05) is 6.54 Å². The topological polar surface area (TPSA) is 56.1 Å². The van der Waals surface area contributed by atoms with E-state index in [9.17, 15) is 4.79 Å². The first-order chi connectivity index (χ1) is 9.81. The molecule has 1 aliphatic heterocycles. The van der Waals surface area contributed by atoms with E-state index in [1.165, 1.54) is 6.42 Å². The van der Waals surface area contributed by atoms with Crippen LogP contribution < -0.4 is 15.6 Å². The quantitative estimate of drug-likeness (QED) is 0.905. The van der Waals surface area contributed by atoms with Crippen molar-refractivity contribution in [1.82, 2.24) is 14.9 Å². The van der Waals surface area contributed by atoms with Gasteiger partial charge in [0.25, 0.3) is 5.56 Å². The fourth-order valence-electron chi connectivity index (χ4n) is 2.80. The summed E-state index contributed by atoms with van der Waals surface area (Å²) in [6.07, 6.45) is 4.98. The largest absolute Gasteiger partial charge is 0.494 e. The van der Waals surface area contributed by atoms with Crippen LogP contribution in [0.15, 0.2) is 29.3 Å². The molecule has 0 bridgehead atoms. The molecule has 1 N–H and O–H groups in total. The number of hydrogen-bond donors (Lipinski definition) is 1. The number of ether oxygens (including phenoxy) is 1. The molecule has 2 heterocycles. The smallest absolute Gasteiger partial charge is 0.261 e. The summed E-state index contributed by atoms with van der Waals surface area (Å²) in [6.45, 7) is 1.86. The van der Waals surface area contributed by atoms with Gasteiger partial charge in [-0.15, -0.1) is 0 Å². The third-order valence-electron chi connectivity index (χ3n) is 3.91. The summed E-state index contributed by atoms with van der Waals surface area (Å²) in [5, 5.41) is 4.00. The number of nitrogens with zero attached hydrogens (tertiary/aromatic N) is 2. The van der Waals surface area contributed by atoms with Gasteiger partial charge in [0.05, 0.1) is 24.9 Å². The molecule has 1 aliphatic rings. The minimum atomic E-state index is 0.0163. The molecular weight excluding hydrogens is 254 g/mol. The Labute approximate surface area is 117 Å². The highest BCUT2D eigenvalue weighted by Crippen LogP contribution is 2.22. The molecule has 1 saturated heterocycles. The summed E-state index contributed by atoms with van der Waals surface area (Å²) in [5.74, 6) is 0.644. The number of methoxy groups -OCH3 is 1. The van der Waals surface area contributed by atoms with Crippen molar-refractivity contribution in [2.45, 2.75) is 25.3 Å². The lowest BCUT2D eigenvalue weighted by Crippen LogP contribution is -2.31. The van der Waals surface area contributed by atoms with Gasteiger partial charge in [-0.3, -0.25) is 9.36 Å². The summed E-state index contributed by atoms with van der Waals surface area (Å²) in [7, 11) is 1.59. The van der Waals surface area contributed by atoms with Crippen molar-refractivity contribution in [2.75, 3.05) is 20.2 Å². The highest BCUT2D eigenvalue weighted by atomic mass is 16.5. The molecule has 1 unspecified atom stereocenters. The van der Waals surface area contributed by atoms with Gasteiger partial charge in [-0.25, -0.2) is 4.98 Å². The van der Waals surface area contributed by atoms with Gasteiger partial charge in [0.15, 0.2) is 0 Å². The van der Waals surface area contributed by atoms with Gasteiger partial charge >= 0.3 is 0 Å². The maximum Gasteiger partial charge on any atom is 0.261 e. The van der Waals surface area contributed by atoms with Crippen molar-refractivity contribution < 1.29 is 4.74 Å². The standard InChI is InChI=1S/C15H19N3O2/c1-20-13-7-4-6-12-14(13)17-10-18(15(12)19)11-5-2-3-8-16-9-11/h4,6-7,10-11,16H,2-3,5,8-9H2,1H3. The highest BCUT2D eigenvalue weighted by Gasteiger charge is 2.17. The van der Waals surface area contributed by atoms with Crippen molar-refractivity contribution in [3.8, 4) is 5.75 Å². The predicted molar refractivity (Wildman–Crippen MR) is 78.3 cm³/mol. The lowest BCUT2D eigenvalue weighted by molar-refractivity contribution is 0.417. The van der Waals surface area contributed by atoms with Crippen LogP contribution in [0.5, 0.6) is 5.75 Å². The van der Waals surface area contributed by atoms with E-state index in [0.29, 0.717) is 16.7 Å². The molecule has 5 heteroatoms. The van der Waals surface area contributed by atoms with Crippen LogP contribution in [0.2, 0.25) is 0 Å². The van der Waals surface area contributed by atoms with E-state index in [-0.39, 0.29) is 11.6 Å². The Bertz CT molecular complexity index is 658. The predicted octanol–water partition coefficient (Wildman–Crippen LogP) is 1.72. The third kappa shape index (κ3) is 2.29. The van der Waals surface area contributed by atoms with Crippen molar-refractivity contribution in [1.29, 1.82) is 0 Å². The molecule has 1 aromatic heterocycles. The molecule has 1 aromatic carbocycles. The fraction of sp³-hybridized carbons (Fsp3) is 0.467. The summed E-state index contributed by atoms with van der Waals surface area (Å²) in [6, 6.07) is 5.66. The minimum Gasteiger partial charge on any atom is -0.494 e. The second-order valence-corrected chi connectivity index (χ2v) is 5.17. The first-order valence-electron chi connectivity index (χ1n) is 7.06. The summed E-state index contributed by atoms with van der Waals surface area (Å²) in [5.41, 5.74) is 0.653. The van der Waals surface area contributed by atoms with Crippen molar-refractivity contribution in [2.24, 2.45) is 0 Å². The van der Waals surface area contributed by atoms with E-state index in [1.54, 1.807) is 18.0 Å². The van der Waals surface area contributed by atoms with Crippen LogP contribution in [0.1, 0.15) is 25.3 Å². The summed E-state index contributed by atoms with van der Waals surface area (Å²) >= 11 is 0. The maximum absolute atomic E-state index is 12.6. The molecule has 1 fully saturated rings. The van der Waals surface area contributed by atoms with Gasteiger partial charge in [0.2, 0.25) is 0 Å². The van der Waals surface area contributed by atoms with Crippen molar-refractivity contribution in [3.63, 3.8) is 0 Å². The first-order valence-corrected chi connectivity index (χ1v) is 7.06. The zero-order valence-corrected chi connectivity index (χ0v) is 11.6. The number of para-hydroxylation sites is 1. The van der Waals surface area contributed by atoms with Crippen molar-refractivity contribution >= 4 is 10.9 Å². The normalized spacial score (nSPS) is 19.8. The molecular formula is C15H19N3O2. The fourth-order valence-corrected chi connectivity index (χ4v) is 2.80. The zero-order valence-electron chi connectivity index (χ0n) is 11.6. The van der Waals surface area contributed by atoms with Gasteiger partial charge in [0.1, 0.15) is 11.3 Å². The van der Waals surface area contributed by atoms with Crippen LogP contribution in [0, 0.1) is 0 Å². The molecule has 3 rings (SSSR count). The van der Waals surface area contributed by atoms with E-state index >= 15 is 0 Å². The monoisotopic (exact) mass is 273 g/mol. The van der Waals surface area contributed by atoms with Gasteiger partial charge in [-0.05, 0) is 31.5 Å². The Hall–Kier alpha value is -1.88. The van der Waals surface area contributed by atoms with Crippen LogP contribution in [0.4, 0.5) is 0 Å². The highest BCUT2D eigenvalue weighted by molar-refractivity contribution is 5.83. The van der Waals surface area contributed by atoms with E-state index in [2.05, 4.69) is 10.3 Å². The molecule has 2 aromatic rings. The van der Waals surface area contributed by atoms with Gasteiger partial charge in [-0.2, -0.15) is 0 Å². The summed E-state index contributed by atoms with van der Waals surface area (Å²) < 4.78 is 7.03. The Morgan fingerprint density at radius 3 is 3.15 bits per heavy atom. The number of hydrogen-bond acceptors (Lipinski definition) is 4. The Morgan fingerprint density at radius 2 is 2.30 bits per heavy atom. The number of fused-ring (bicyclic) bond motifs is 1. The zero-order chi connectivity index (χ0) is 13.9. The average Bonchev–Trinajstić information content (AvgIpc) is 2.76. The Morgan fingerprint density at radius 1 is 1.40 bits per heavy atom. The minimum absolute atomic E-state index is 0.0163. The van der Waals surface area contributed by atoms with Crippen LogP contribution in [0.3, 0.4) is 0 Å². The van der Waals surface area contributed by atoms with Crippen molar-refractivity contribution in [3.05, 3.63) is 34.9 Å². The Kier molecular flexibility index (Phi) is 3.69. The first kappa shape index (κ1) is 13.1. The molecule has 5 nitrogen and oxygen atoms in total. The van der Waals surface area contributed by atoms with E-state index in [0.717, 1.165) is 25.9 Å². The molecule has 1 atom stereocenters. The van der Waals surface area contributed by atoms with E-state index in [4.69, 9.17) is 4.74 Å². The maximum atomic E-state index is 12.6. The molecule has 0 saturated carbocycles. The van der Waals surface area contributed by atoms with E-state index in [1.807, 2.05) is 18.2 Å². The molecule has 0 spiro atoms. The molecule has 0 aliphatic carbocycles. The second-order valence-electron chi connectivity index (χ2n) is 5.17. The average molecular weight is 273 g/mol. The van der Waals surface area contributed by atoms with Crippen LogP contribution in [-0.4, -0.2) is 29.8 Å². The summed E-state index contributed by atoms with van der Waals surface area (Å²) in [4.78, 5) is 17.1. The third-order valence-corrected chi connectivity index (χ3v) is 3.91. The van der Waals surface area contributed by atoms with Crippen LogP contribution >= 0.6 is 0 Å². The van der Waals surface area contributed by atoms with Crippen LogP contribution in [-0.2, 0) is 0 Å².